The number of nitrogens with zero attached hydrogens (tertiary/aromatic N) is 4. The molecule has 4 rings (SSSR count). The van der Waals surface area contributed by atoms with Gasteiger partial charge in [0.1, 0.15) is 0 Å². The first-order valence-corrected chi connectivity index (χ1v) is 10.0. The molecule has 2 aliphatic rings. The van der Waals surface area contributed by atoms with E-state index >= 15 is 0 Å². The van der Waals surface area contributed by atoms with Gasteiger partial charge < -0.3 is 4.90 Å². The second kappa shape index (κ2) is 8.02. The molecule has 0 N–H and O–H groups in total. The molecule has 2 fully saturated rings. The van der Waals surface area contributed by atoms with Crippen molar-refractivity contribution in [2.75, 3.05) is 13.1 Å². The van der Waals surface area contributed by atoms with Crippen LogP contribution in [0.5, 0.6) is 0 Å². The van der Waals surface area contributed by atoms with Crippen LogP contribution in [-0.4, -0.2) is 38.9 Å². The molecule has 2 aromatic rings. The summed E-state index contributed by atoms with van der Waals surface area (Å²) in [6.07, 6.45) is 10.7. The van der Waals surface area contributed by atoms with Crippen LogP contribution in [0.3, 0.4) is 0 Å². The highest BCUT2D eigenvalue weighted by Crippen LogP contribution is 2.35. The van der Waals surface area contributed by atoms with Crippen molar-refractivity contribution in [3.63, 3.8) is 0 Å². The molecule has 0 spiro atoms. The molecular weight excluding hydrogens is 324 g/mol. The van der Waals surface area contributed by atoms with E-state index in [0.717, 1.165) is 38.4 Å². The van der Waals surface area contributed by atoms with Crippen LogP contribution >= 0.6 is 0 Å². The van der Waals surface area contributed by atoms with Crippen molar-refractivity contribution in [1.82, 2.24) is 19.9 Å². The molecule has 1 unspecified atom stereocenters. The molecule has 1 aromatic carbocycles. The molecule has 1 atom stereocenters. The summed E-state index contributed by atoms with van der Waals surface area (Å²) in [5, 5.41) is 8.28. The summed E-state index contributed by atoms with van der Waals surface area (Å²) in [5.41, 5.74) is 1.76. The summed E-state index contributed by atoms with van der Waals surface area (Å²) >= 11 is 0. The van der Waals surface area contributed by atoms with E-state index in [9.17, 15) is 4.79 Å². The molecule has 5 nitrogen and oxygen atoms in total. The Labute approximate surface area is 155 Å². The Morgan fingerprint density at radius 3 is 2.65 bits per heavy atom. The monoisotopic (exact) mass is 352 g/mol. The van der Waals surface area contributed by atoms with E-state index in [2.05, 4.69) is 22.4 Å². The van der Waals surface area contributed by atoms with E-state index in [-0.39, 0.29) is 5.91 Å². The van der Waals surface area contributed by atoms with Gasteiger partial charge in [-0.2, -0.15) is 0 Å². The molecule has 1 aliphatic carbocycles. The summed E-state index contributed by atoms with van der Waals surface area (Å²) < 4.78 is 1.79. The molecule has 1 aromatic heterocycles. The molecular formula is C21H28N4O. The summed E-state index contributed by atoms with van der Waals surface area (Å²) in [4.78, 5) is 14.8. The number of aryl methyl sites for hydroxylation is 2. The van der Waals surface area contributed by atoms with Crippen LogP contribution < -0.4 is 0 Å². The van der Waals surface area contributed by atoms with Gasteiger partial charge in [-0.3, -0.25) is 9.48 Å². The fraction of sp³-hybridized carbons (Fsp3) is 0.571. The van der Waals surface area contributed by atoms with Crippen molar-refractivity contribution in [2.45, 2.75) is 51.5 Å². The number of rotatable bonds is 5. The maximum Gasteiger partial charge on any atom is 0.276 e. The largest absolute Gasteiger partial charge is 0.337 e. The highest BCUT2D eigenvalue weighted by molar-refractivity contribution is 5.92. The van der Waals surface area contributed by atoms with Gasteiger partial charge in [0.25, 0.3) is 5.91 Å². The predicted molar refractivity (Wildman–Crippen MR) is 101 cm³/mol. The van der Waals surface area contributed by atoms with Gasteiger partial charge in [0.05, 0.1) is 6.20 Å². The minimum Gasteiger partial charge on any atom is -0.337 e. The molecule has 5 heteroatoms. The normalized spacial score (nSPS) is 21.2. The minimum absolute atomic E-state index is 0.0503. The van der Waals surface area contributed by atoms with E-state index in [4.69, 9.17) is 0 Å². The lowest BCUT2D eigenvalue weighted by Gasteiger charge is -2.27. The number of aromatic nitrogens is 3. The third-order valence-corrected chi connectivity index (χ3v) is 6.06. The topological polar surface area (TPSA) is 51.0 Å². The first-order chi connectivity index (χ1) is 12.8. The van der Waals surface area contributed by atoms with Crippen LogP contribution in [-0.2, 0) is 13.0 Å². The number of carbonyl (C=O) groups is 1. The van der Waals surface area contributed by atoms with Crippen molar-refractivity contribution in [3.8, 4) is 0 Å². The Hall–Kier alpha value is -2.17. The maximum absolute atomic E-state index is 12.8. The van der Waals surface area contributed by atoms with Crippen LogP contribution in [0.2, 0.25) is 0 Å². The average molecular weight is 352 g/mol. The standard InChI is InChI=1S/C21H28N4O/c26-21(24-13-12-19(15-24)18-9-5-2-6-10-18)20-16-25(23-22-20)14-11-17-7-3-1-4-8-17/h1,3-4,7-8,16,18-19H,2,5-6,9-15H2. The Balaban J connectivity index is 1.31. The van der Waals surface area contributed by atoms with Crippen LogP contribution in [0.1, 0.15) is 54.6 Å². The van der Waals surface area contributed by atoms with Crippen molar-refractivity contribution >= 4 is 5.91 Å². The van der Waals surface area contributed by atoms with E-state index < -0.39 is 0 Å². The molecule has 1 saturated carbocycles. The zero-order chi connectivity index (χ0) is 17.8. The summed E-state index contributed by atoms with van der Waals surface area (Å²) in [7, 11) is 0. The number of hydrogen-bond donors (Lipinski definition) is 0. The van der Waals surface area contributed by atoms with Gasteiger partial charge in [-0.15, -0.1) is 5.10 Å². The van der Waals surface area contributed by atoms with Gasteiger partial charge in [-0.1, -0.05) is 67.6 Å². The predicted octanol–water partition coefficient (Wildman–Crippen LogP) is 3.56. The van der Waals surface area contributed by atoms with Gasteiger partial charge in [0.2, 0.25) is 0 Å². The summed E-state index contributed by atoms with van der Waals surface area (Å²) in [5.74, 6) is 1.56. The third kappa shape index (κ3) is 3.97. The number of carbonyl (C=O) groups excluding carboxylic acids is 1. The molecule has 0 radical (unpaired) electrons. The van der Waals surface area contributed by atoms with Gasteiger partial charge in [0.15, 0.2) is 5.69 Å². The first kappa shape index (κ1) is 17.3. The van der Waals surface area contributed by atoms with Crippen LogP contribution in [0.15, 0.2) is 36.5 Å². The van der Waals surface area contributed by atoms with Gasteiger partial charge in [-0.25, -0.2) is 0 Å². The molecule has 1 saturated heterocycles. The van der Waals surface area contributed by atoms with E-state index in [1.54, 1.807) is 10.9 Å². The second-order valence-corrected chi connectivity index (χ2v) is 7.80. The Bertz CT molecular complexity index is 721. The second-order valence-electron chi connectivity index (χ2n) is 7.80. The zero-order valence-electron chi connectivity index (χ0n) is 15.4. The molecule has 1 aliphatic heterocycles. The highest BCUT2D eigenvalue weighted by Gasteiger charge is 2.33. The maximum atomic E-state index is 12.8. The van der Waals surface area contributed by atoms with Crippen molar-refractivity contribution in [1.29, 1.82) is 0 Å². The van der Waals surface area contributed by atoms with E-state index in [1.807, 2.05) is 23.1 Å². The van der Waals surface area contributed by atoms with E-state index in [1.165, 1.54) is 37.7 Å². The zero-order valence-corrected chi connectivity index (χ0v) is 15.4. The van der Waals surface area contributed by atoms with Crippen LogP contribution in [0, 0.1) is 11.8 Å². The lowest BCUT2D eigenvalue weighted by atomic mass is 9.80. The number of likely N-dealkylation sites (tertiary alicyclic amines) is 1. The Morgan fingerprint density at radius 1 is 1.04 bits per heavy atom. The fourth-order valence-electron chi connectivity index (χ4n) is 4.52. The third-order valence-electron chi connectivity index (χ3n) is 6.06. The summed E-state index contributed by atoms with van der Waals surface area (Å²) in [6.45, 7) is 2.52. The Kier molecular flexibility index (Phi) is 5.32. The van der Waals surface area contributed by atoms with Gasteiger partial charge in [0, 0.05) is 19.6 Å². The number of amides is 1. The van der Waals surface area contributed by atoms with Crippen LogP contribution in [0.25, 0.3) is 0 Å². The number of hydrogen-bond acceptors (Lipinski definition) is 3. The quantitative estimate of drug-likeness (QED) is 0.827. The van der Waals surface area contributed by atoms with Crippen molar-refractivity contribution in [2.24, 2.45) is 11.8 Å². The van der Waals surface area contributed by atoms with E-state index in [0.29, 0.717) is 11.6 Å². The Morgan fingerprint density at radius 2 is 1.85 bits per heavy atom. The summed E-state index contributed by atoms with van der Waals surface area (Å²) in [6, 6.07) is 10.3. The fourth-order valence-corrected chi connectivity index (χ4v) is 4.52. The first-order valence-electron chi connectivity index (χ1n) is 10.0. The lowest BCUT2D eigenvalue weighted by Crippen LogP contribution is -2.30. The molecule has 138 valence electrons. The van der Waals surface area contributed by atoms with Crippen molar-refractivity contribution in [3.05, 3.63) is 47.8 Å². The number of benzene rings is 1. The minimum atomic E-state index is 0.0503. The van der Waals surface area contributed by atoms with Gasteiger partial charge in [-0.05, 0) is 30.2 Å². The van der Waals surface area contributed by atoms with Crippen LogP contribution in [0.4, 0.5) is 0 Å². The highest BCUT2D eigenvalue weighted by atomic mass is 16.2. The smallest absolute Gasteiger partial charge is 0.276 e. The van der Waals surface area contributed by atoms with Crippen molar-refractivity contribution < 1.29 is 4.79 Å². The lowest BCUT2D eigenvalue weighted by molar-refractivity contribution is 0.0773. The average Bonchev–Trinajstić information content (AvgIpc) is 3.37. The molecule has 1 amide bonds. The molecule has 2 heterocycles. The molecule has 0 bridgehead atoms. The van der Waals surface area contributed by atoms with Gasteiger partial charge >= 0.3 is 0 Å². The molecule has 26 heavy (non-hydrogen) atoms. The SMILES string of the molecule is O=C(c1cn(CCc2ccccc2)nn1)N1CCC(C2CCCCC2)C1.